The number of halogens is 1. The number of fused-ring (bicyclic) bond motifs is 1. The van der Waals surface area contributed by atoms with Crippen LogP contribution in [0, 0.1) is 6.92 Å². The summed E-state index contributed by atoms with van der Waals surface area (Å²) in [5, 5.41) is 7.88. The van der Waals surface area contributed by atoms with Gasteiger partial charge in [0.1, 0.15) is 17.2 Å². The molecule has 160 valence electrons. The molecule has 0 unspecified atom stereocenters. The number of rotatable bonds is 6. The van der Waals surface area contributed by atoms with E-state index in [-0.39, 0.29) is 24.0 Å². The Morgan fingerprint density at radius 2 is 1.97 bits per heavy atom. The number of furan rings is 1. The Bertz CT molecular complexity index is 994. The highest BCUT2D eigenvalue weighted by atomic mass is 127. The molecule has 2 N–H and O–H groups in total. The summed E-state index contributed by atoms with van der Waals surface area (Å²) in [4.78, 5) is 11.6. The van der Waals surface area contributed by atoms with E-state index in [4.69, 9.17) is 9.41 Å². The van der Waals surface area contributed by atoms with Crippen LogP contribution in [0.15, 0.2) is 52.0 Å². The van der Waals surface area contributed by atoms with Gasteiger partial charge in [0.2, 0.25) is 0 Å². The second kappa shape index (κ2) is 10.7. The van der Waals surface area contributed by atoms with Crippen molar-refractivity contribution in [3.05, 3.63) is 59.5 Å². The summed E-state index contributed by atoms with van der Waals surface area (Å²) in [6.45, 7) is 8.38. The average molecular weight is 519 g/mol. The standard InChI is InChI=1S/C23H29N5O.HI/c1-3-24-23(27-16-21-17(2)19-8-4-5-9-20(19)29-21)26-15-18-10-11-25-22(14-18)28-12-6-7-13-28;/h4-5,8-11,14H,3,6-7,12-13,15-16H2,1-2H3,(H2,24,26,27);1H. The monoisotopic (exact) mass is 519 g/mol. The van der Waals surface area contributed by atoms with Crippen LogP contribution in [0.1, 0.15) is 36.7 Å². The van der Waals surface area contributed by atoms with Crippen LogP contribution in [0.2, 0.25) is 0 Å². The Morgan fingerprint density at radius 1 is 1.17 bits per heavy atom. The van der Waals surface area contributed by atoms with Gasteiger partial charge in [-0.05, 0) is 50.5 Å². The largest absolute Gasteiger partial charge is 0.459 e. The molecule has 0 radical (unpaired) electrons. The van der Waals surface area contributed by atoms with Crippen LogP contribution in [-0.4, -0.2) is 30.6 Å². The van der Waals surface area contributed by atoms with E-state index in [2.05, 4.69) is 46.5 Å². The number of hydrogen-bond acceptors (Lipinski definition) is 4. The van der Waals surface area contributed by atoms with Gasteiger partial charge in [-0.1, -0.05) is 18.2 Å². The molecule has 0 saturated carbocycles. The fourth-order valence-electron chi connectivity index (χ4n) is 3.75. The number of benzene rings is 1. The van der Waals surface area contributed by atoms with Crippen molar-refractivity contribution in [3.8, 4) is 0 Å². The molecule has 1 saturated heterocycles. The van der Waals surface area contributed by atoms with Crippen molar-refractivity contribution in [2.24, 2.45) is 4.99 Å². The Kier molecular flexibility index (Phi) is 7.95. The Morgan fingerprint density at radius 3 is 2.73 bits per heavy atom. The summed E-state index contributed by atoms with van der Waals surface area (Å²) in [5.74, 6) is 2.79. The van der Waals surface area contributed by atoms with E-state index in [1.54, 1.807) is 0 Å². The molecule has 3 aromatic rings. The number of para-hydroxylation sites is 1. The maximum absolute atomic E-state index is 6.00. The first-order valence-electron chi connectivity index (χ1n) is 10.4. The smallest absolute Gasteiger partial charge is 0.191 e. The SMILES string of the molecule is CCNC(=NCc1ccnc(N2CCCC2)c1)NCc1oc2ccccc2c1C.I. The summed E-state index contributed by atoms with van der Waals surface area (Å²) in [7, 11) is 0. The highest BCUT2D eigenvalue weighted by Crippen LogP contribution is 2.24. The average Bonchev–Trinajstić information content (AvgIpc) is 3.39. The molecular weight excluding hydrogens is 489 g/mol. The maximum Gasteiger partial charge on any atom is 0.191 e. The minimum absolute atomic E-state index is 0. The van der Waals surface area contributed by atoms with E-state index < -0.39 is 0 Å². The lowest BCUT2D eigenvalue weighted by Gasteiger charge is -2.16. The third-order valence-corrected chi connectivity index (χ3v) is 5.36. The van der Waals surface area contributed by atoms with Crippen LogP contribution >= 0.6 is 24.0 Å². The number of nitrogens with one attached hydrogen (secondary N) is 2. The number of anilines is 1. The zero-order chi connectivity index (χ0) is 20.1. The molecule has 3 heterocycles. The first kappa shape index (κ1) is 22.4. The van der Waals surface area contributed by atoms with E-state index >= 15 is 0 Å². The number of guanidine groups is 1. The summed E-state index contributed by atoms with van der Waals surface area (Å²) in [5.41, 5.74) is 3.27. The number of aromatic nitrogens is 1. The van der Waals surface area contributed by atoms with Gasteiger partial charge in [-0.2, -0.15) is 0 Å². The minimum Gasteiger partial charge on any atom is -0.459 e. The fourth-order valence-corrected chi connectivity index (χ4v) is 3.75. The lowest BCUT2D eigenvalue weighted by Crippen LogP contribution is -2.36. The van der Waals surface area contributed by atoms with Crippen LogP contribution in [0.3, 0.4) is 0 Å². The first-order valence-corrected chi connectivity index (χ1v) is 10.4. The highest BCUT2D eigenvalue weighted by molar-refractivity contribution is 14.0. The summed E-state index contributed by atoms with van der Waals surface area (Å²) in [6.07, 6.45) is 4.39. The predicted molar refractivity (Wildman–Crippen MR) is 134 cm³/mol. The van der Waals surface area contributed by atoms with E-state index in [1.807, 2.05) is 30.5 Å². The molecule has 7 heteroatoms. The van der Waals surface area contributed by atoms with Crippen molar-refractivity contribution in [1.82, 2.24) is 15.6 Å². The third-order valence-electron chi connectivity index (χ3n) is 5.36. The molecular formula is C23H30IN5O. The van der Waals surface area contributed by atoms with Crippen molar-refractivity contribution in [2.75, 3.05) is 24.5 Å². The number of aryl methyl sites for hydroxylation is 1. The molecule has 0 aliphatic carbocycles. The van der Waals surface area contributed by atoms with E-state index in [0.29, 0.717) is 13.1 Å². The maximum atomic E-state index is 6.00. The lowest BCUT2D eigenvalue weighted by molar-refractivity contribution is 0.534. The van der Waals surface area contributed by atoms with Gasteiger partial charge in [-0.15, -0.1) is 24.0 Å². The van der Waals surface area contributed by atoms with Gasteiger partial charge in [0, 0.05) is 36.8 Å². The fraction of sp³-hybridized carbons (Fsp3) is 0.391. The number of pyridine rings is 1. The van der Waals surface area contributed by atoms with Crippen molar-refractivity contribution in [2.45, 2.75) is 39.8 Å². The number of nitrogens with zero attached hydrogens (tertiary/aromatic N) is 3. The van der Waals surface area contributed by atoms with Gasteiger partial charge >= 0.3 is 0 Å². The lowest BCUT2D eigenvalue weighted by atomic mass is 10.1. The molecule has 2 aromatic heterocycles. The van der Waals surface area contributed by atoms with E-state index in [1.165, 1.54) is 24.0 Å². The zero-order valence-electron chi connectivity index (χ0n) is 17.6. The van der Waals surface area contributed by atoms with Gasteiger partial charge in [0.15, 0.2) is 5.96 Å². The van der Waals surface area contributed by atoms with E-state index in [9.17, 15) is 0 Å². The first-order chi connectivity index (χ1) is 14.2. The van der Waals surface area contributed by atoms with Crippen LogP contribution < -0.4 is 15.5 Å². The second-order valence-electron chi connectivity index (χ2n) is 7.41. The van der Waals surface area contributed by atoms with Crippen LogP contribution in [-0.2, 0) is 13.1 Å². The molecule has 0 spiro atoms. The Hall–Kier alpha value is -2.29. The molecule has 1 fully saturated rings. The van der Waals surface area contributed by atoms with Crippen molar-refractivity contribution in [1.29, 1.82) is 0 Å². The molecule has 1 aliphatic rings. The third kappa shape index (κ3) is 5.24. The van der Waals surface area contributed by atoms with Crippen LogP contribution in [0.25, 0.3) is 11.0 Å². The van der Waals surface area contributed by atoms with Gasteiger partial charge < -0.3 is 20.0 Å². The van der Waals surface area contributed by atoms with Gasteiger partial charge in [-0.3, -0.25) is 0 Å². The second-order valence-corrected chi connectivity index (χ2v) is 7.41. The van der Waals surface area contributed by atoms with Gasteiger partial charge in [0.25, 0.3) is 0 Å². The summed E-state index contributed by atoms with van der Waals surface area (Å²) < 4.78 is 6.00. The molecule has 0 atom stereocenters. The Labute approximate surface area is 195 Å². The molecule has 4 rings (SSSR count). The van der Waals surface area contributed by atoms with Crippen LogP contribution in [0.5, 0.6) is 0 Å². The molecule has 1 aromatic carbocycles. The van der Waals surface area contributed by atoms with Crippen LogP contribution in [0.4, 0.5) is 5.82 Å². The normalized spacial score (nSPS) is 14.1. The van der Waals surface area contributed by atoms with Crippen molar-refractivity contribution >= 4 is 46.7 Å². The summed E-state index contributed by atoms with van der Waals surface area (Å²) in [6, 6.07) is 12.3. The molecule has 1 aliphatic heterocycles. The quantitative estimate of drug-likeness (QED) is 0.283. The topological polar surface area (TPSA) is 65.7 Å². The van der Waals surface area contributed by atoms with E-state index in [0.717, 1.165) is 48.1 Å². The molecule has 30 heavy (non-hydrogen) atoms. The number of aliphatic imine (C=N–C) groups is 1. The van der Waals surface area contributed by atoms with Gasteiger partial charge in [-0.25, -0.2) is 9.98 Å². The predicted octanol–water partition coefficient (Wildman–Crippen LogP) is 4.61. The molecule has 0 amide bonds. The number of hydrogen-bond donors (Lipinski definition) is 2. The van der Waals surface area contributed by atoms with Crippen molar-refractivity contribution in [3.63, 3.8) is 0 Å². The molecule has 0 bridgehead atoms. The summed E-state index contributed by atoms with van der Waals surface area (Å²) >= 11 is 0. The van der Waals surface area contributed by atoms with Crippen molar-refractivity contribution < 1.29 is 4.42 Å². The zero-order valence-corrected chi connectivity index (χ0v) is 20.0. The Balaban J connectivity index is 0.00000256. The van der Waals surface area contributed by atoms with Gasteiger partial charge in [0.05, 0.1) is 13.1 Å². The molecule has 6 nitrogen and oxygen atoms in total. The highest BCUT2D eigenvalue weighted by Gasteiger charge is 2.14. The minimum atomic E-state index is 0.